The van der Waals surface area contributed by atoms with Crippen molar-refractivity contribution in [3.63, 3.8) is 0 Å². The summed E-state index contributed by atoms with van der Waals surface area (Å²) >= 11 is 0. The molecule has 0 saturated heterocycles. The van der Waals surface area contributed by atoms with Gasteiger partial charge in [0, 0.05) is 32.3 Å². The van der Waals surface area contributed by atoms with E-state index in [0.717, 1.165) is 32.8 Å². The Hall–Kier alpha value is -5.99. The summed E-state index contributed by atoms with van der Waals surface area (Å²) in [7, 11) is 0. The Labute approximate surface area is 238 Å². The smallest absolute Gasteiger partial charge is 0.313 e. The topological polar surface area (TPSA) is 39.5 Å². The molecule has 10 rings (SSSR count). The summed E-state index contributed by atoms with van der Waals surface area (Å²) in [6.45, 7) is 8.14. The van der Waals surface area contributed by atoms with E-state index in [9.17, 15) is 0 Å². The zero-order valence-corrected chi connectivity index (χ0v) is 22.2. The third-order valence-corrected chi connectivity index (χ3v) is 8.84. The maximum absolute atomic E-state index is 8.14. The Morgan fingerprint density at radius 2 is 1.19 bits per heavy atom. The molecule has 0 radical (unpaired) electrons. The van der Waals surface area contributed by atoms with Crippen molar-refractivity contribution < 1.29 is 0 Å². The maximum Gasteiger partial charge on any atom is 0.313 e. The van der Waals surface area contributed by atoms with Gasteiger partial charge in [-0.05, 0) is 47.2 Å². The van der Waals surface area contributed by atoms with Crippen LogP contribution in [0.25, 0.3) is 92.4 Å². The van der Waals surface area contributed by atoms with Crippen molar-refractivity contribution in [1.29, 1.82) is 0 Å². The summed E-state index contributed by atoms with van der Waals surface area (Å²) < 4.78 is 4.60. The maximum atomic E-state index is 8.14. The van der Waals surface area contributed by atoms with E-state index in [1.54, 1.807) is 0 Å². The zero-order chi connectivity index (χ0) is 27.5. The largest absolute Gasteiger partial charge is 0.358 e. The van der Waals surface area contributed by atoms with Crippen LogP contribution in [0, 0.1) is 6.57 Å². The van der Waals surface area contributed by atoms with Crippen molar-refractivity contribution in [2.45, 2.75) is 0 Å². The van der Waals surface area contributed by atoms with Gasteiger partial charge in [-0.2, -0.15) is 0 Å². The highest BCUT2D eigenvalue weighted by molar-refractivity contribution is 6.36. The Kier molecular flexibility index (Phi) is 3.94. The number of aromatic nitrogens is 4. The van der Waals surface area contributed by atoms with E-state index in [1.165, 1.54) is 48.9 Å². The lowest BCUT2D eigenvalue weighted by atomic mass is 10.0. The second-order valence-electron chi connectivity index (χ2n) is 10.9. The van der Waals surface area contributed by atoms with Crippen LogP contribution < -0.4 is 0 Å². The minimum atomic E-state index is 0.291. The monoisotopic (exact) mass is 533 g/mol. The van der Waals surface area contributed by atoms with E-state index < -0.39 is 0 Å². The molecule has 0 unspecified atom stereocenters. The predicted octanol–water partition coefficient (Wildman–Crippen LogP) is 9.58. The fourth-order valence-corrected chi connectivity index (χ4v) is 7.20. The summed E-state index contributed by atoms with van der Waals surface area (Å²) in [4.78, 5) is 13.8. The van der Waals surface area contributed by atoms with E-state index in [4.69, 9.17) is 16.5 Å². The van der Waals surface area contributed by atoms with Crippen LogP contribution >= 0.6 is 0 Å². The average molecular weight is 534 g/mol. The molecular weight excluding hydrogens is 514 g/mol. The zero-order valence-electron chi connectivity index (χ0n) is 22.2. The molecule has 0 fully saturated rings. The molecular formula is C37H19N5. The number of nitrogens with zero attached hydrogens (tertiary/aromatic N) is 5. The van der Waals surface area contributed by atoms with Crippen molar-refractivity contribution in [3.8, 4) is 5.82 Å². The van der Waals surface area contributed by atoms with E-state index in [-0.39, 0.29) is 0 Å². The Balaban J connectivity index is 1.57. The molecule has 0 aliphatic heterocycles. The lowest BCUT2D eigenvalue weighted by Crippen LogP contribution is -2.00. The van der Waals surface area contributed by atoms with Crippen LogP contribution in [-0.4, -0.2) is 18.9 Å². The normalized spacial score (nSPS) is 12.3. The van der Waals surface area contributed by atoms with E-state index in [1.807, 2.05) is 24.3 Å². The molecule has 0 amide bonds. The third-order valence-electron chi connectivity index (χ3n) is 8.84. The van der Waals surface area contributed by atoms with Crippen molar-refractivity contribution in [2.24, 2.45) is 0 Å². The minimum absolute atomic E-state index is 0.291. The van der Waals surface area contributed by atoms with E-state index >= 15 is 0 Å². The van der Waals surface area contributed by atoms with Gasteiger partial charge in [0.25, 0.3) is 0 Å². The van der Waals surface area contributed by atoms with Crippen LogP contribution in [-0.2, 0) is 0 Å². The molecule has 0 saturated carbocycles. The van der Waals surface area contributed by atoms with Crippen molar-refractivity contribution in [3.05, 3.63) is 127 Å². The number of para-hydroxylation sites is 4. The van der Waals surface area contributed by atoms with Gasteiger partial charge in [0.1, 0.15) is 5.52 Å². The molecule has 192 valence electrons. The number of rotatable bonds is 1. The molecule has 4 aromatic heterocycles. The first-order chi connectivity index (χ1) is 20.8. The lowest BCUT2D eigenvalue weighted by molar-refractivity contribution is 1.09. The van der Waals surface area contributed by atoms with E-state index in [2.05, 4.69) is 105 Å². The van der Waals surface area contributed by atoms with Crippen LogP contribution in [0.4, 0.5) is 5.82 Å². The molecule has 42 heavy (non-hydrogen) atoms. The van der Waals surface area contributed by atoms with Gasteiger partial charge in [0.2, 0.25) is 0 Å². The average Bonchev–Trinajstić information content (AvgIpc) is 3.68. The molecule has 5 heteroatoms. The van der Waals surface area contributed by atoms with Gasteiger partial charge < -0.3 is 13.8 Å². The van der Waals surface area contributed by atoms with E-state index in [0.29, 0.717) is 11.6 Å². The SMILES string of the molecule is [C-]#[N+]c1nc2ccccc2nc1-n1c2ccc3ccccc3c2c2cc3c4ccccc4n4c5ccccc5c(c21)c34. The quantitative estimate of drug-likeness (QED) is 0.197. The molecule has 0 bridgehead atoms. The van der Waals surface area contributed by atoms with Crippen LogP contribution in [0.1, 0.15) is 0 Å². The second-order valence-corrected chi connectivity index (χ2v) is 10.9. The predicted molar refractivity (Wildman–Crippen MR) is 172 cm³/mol. The molecule has 0 N–H and O–H groups in total. The van der Waals surface area contributed by atoms with Crippen molar-refractivity contribution in [2.75, 3.05) is 0 Å². The van der Waals surface area contributed by atoms with Gasteiger partial charge in [-0.25, -0.2) is 4.98 Å². The molecule has 0 aliphatic rings. The Bertz CT molecular complexity index is 2810. The first-order valence-corrected chi connectivity index (χ1v) is 14.0. The molecule has 4 heterocycles. The van der Waals surface area contributed by atoms with Crippen LogP contribution in [0.15, 0.2) is 115 Å². The van der Waals surface area contributed by atoms with Gasteiger partial charge >= 0.3 is 5.82 Å². The first kappa shape index (κ1) is 21.8. The fraction of sp³-hybridized carbons (Fsp3) is 0. The molecule has 10 aromatic rings. The Morgan fingerprint density at radius 1 is 0.524 bits per heavy atom. The number of hydrogen-bond donors (Lipinski definition) is 0. The van der Waals surface area contributed by atoms with Gasteiger partial charge in [0.05, 0.1) is 27.6 Å². The third kappa shape index (κ3) is 2.53. The lowest BCUT2D eigenvalue weighted by Gasteiger charge is -2.11. The van der Waals surface area contributed by atoms with Gasteiger partial charge in [-0.3, -0.25) is 0 Å². The summed E-state index contributed by atoms with van der Waals surface area (Å²) in [6.07, 6.45) is 0. The second kappa shape index (κ2) is 7.60. The first-order valence-electron chi connectivity index (χ1n) is 14.0. The number of fused-ring (bicyclic) bond motifs is 13. The molecule has 0 atom stereocenters. The summed E-state index contributed by atoms with van der Waals surface area (Å²) in [5.41, 5.74) is 7.11. The van der Waals surface area contributed by atoms with Crippen molar-refractivity contribution >= 4 is 87.5 Å². The summed E-state index contributed by atoms with van der Waals surface area (Å²) in [6, 6.07) is 40.3. The van der Waals surface area contributed by atoms with Gasteiger partial charge in [-0.1, -0.05) is 85.4 Å². The minimum Gasteiger partial charge on any atom is -0.358 e. The molecule has 6 aromatic carbocycles. The summed E-state index contributed by atoms with van der Waals surface area (Å²) in [5.74, 6) is 0.849. The summed E-state index contributed by atoms with van der Waals surface area (Å²) in [5, 5.41) is 9.48. The van der Waals surface area contributed by atoms with Crippen LogP contribution in [0.5, 0.6) is 0 Å². The van der Waals surface area contributed by atoms with Gasteiger partial charge in [0.15, 0.2) is 11.3 Å². The molecule has 0 aliphatic carbocycles. The molecule has 5 nitrogen and oxygen atoms in total. The standard InChI is InChI=1S/C37H19N5/c1-38-36-37(40-28-15-7-6-14-27(28)39-36)42-31-19-18-21-10-2-3-11-22(21)32(31)26-20-25-23-12-4-8-16-29(23)41-30-17-9-5-13-24(30)33(34(25)41)35(26)42/h2-20H. The highest BCUT2D eigenvalue weighted by Crippen LogP contribution is 2.48. The van der Waals surface area contributed by atoms with Crippen LogP contribution in [0.2, 0.25) is 0 Å². The van der Waals surface area contributed by atoms with Gasteiger partial charge in [-0.15, -0.1) is 4.98 Å². The van der Waals surface area contributed by atoms with Crippen molar-refractivity contribution in [1.82, 2.24) is 18.9 Å². The highest BCUT2D eigenvalue weighted by Gasteiger charge is 2.26. The highest BCUT2D eigenvalue weighted by atomic mass is 15.1. The molecule has 0 spiro atoms. The van der Waals surface area contributed by atoms with Crippen LogP contribution in [0.3, 0.4) is 0 Å². The number of hydrogen-bond acceptors (Lipinski definition) is 2. The Morgan fingerprint density at radius 3 is 2.00 bits per heavy atom. The fourth-order valence-electron chi connectivity index (χ4n) is 7.20. The number of benzene rings is 6.